The summed E-state index contributed by atoms with van der Waals surface area (Å²) in [6, 6.07) is 3.68. The maximum Gasteiger partial charge on any atom is 0.460 e. The molecule has 26 heavy (non-hydrogen) atoms. The Morgan fingerprint density at radius 2 is 1.88 bits per heavy atom. The predicted octanol–water partition coefficient (Wildman–Crippen LogP) is 0.371. The average Bonchev–Trinajstić information content (AvgIpc) is 3.01. The Balaban J connectivity index is 1.47. The summed E-state index contributed by atoms with van der Waals surface area (Å²) in [5.74, 6) is 0.619. The number of nitrogens with one attached hydrogen (secondary N) is 1. The highest BCUT2D eigenvalue weighted by atomic mass is 16.5. The molecule has 0 amide bonds. The Morgan fingerprint density at radius 3 is 2.62 bits per heavy atom. The molecule has 0 bridgehead atoms. The molecular formula is C18H25N5O3. The molecule has 1 N–H and O–H groups in total. The van der Waals surface area contributed by atoms with Gasteiger partial charge in [-0.25, -0.2) is 4.73 Å². The number of aromatic nitrogens is 3. The van der Waals surface area contributed by atoms with Gasteiger partial charge in [0.05, 0.1) is 19.8 Å². The van der Waals surface area contributed by atoms with Gasteiger partial charge in [0.25, 0.3) is 5.52 Å². The maximum absolute atomic E-state index is 12.7. The third kappa shape index (κ3) is 3.39. The van der Waals surface area contributed by atoms with Crippen LogP contribution in [0.15, 0.2) is 12.1 Å². The first-order valence-electron chi connectivity index (χ1n) is 9.34. The molecule has 4 rings (SSSR count). The Kier molecular flexibility index (Phi) is 4.78. The van der Waals surface area contributed by atoms with Gasteiger partial charge in [-0.2, -0.15) is 0 Å². The highest BCUT2D eigenvalue weighted by Crippen LogP contribution is 2.28. The molecule has 2 aromatic rings. The monoisotopic (exact) mass is 359 g/mol. The van der Waals surface area contributed by atoms with Gasteiger partial charge in [-0.1, -0.05) is 6.92 Å². The van der Waals surface area contributed by atoms with Crippen molar-refractivity contribution in [3.05, 3.63) is 33.7 Å². The molecule has 8 heteroatoms. The van der Waals surface area contributed by atoms with E-state index < -0.39 is 0 Å². The minimum atomic E-state index is 0.0699. The molecule has 0 spiro atoms. The third-order valence-corrected chi connectivity index (χ3v) is 5.27. The van der Waals surface area contributed by atoms with Crippen LogP contribution < -0.4 is 14.9 Å². The van der Waals surface area contributed by atoms with Crippen LogP contribution >= 0.6 is 0 Å². The van der Waals surface area contributed by atoms with E-state index in [0.29, 0.717) is 28.3 Å². The van der Waals surface area contributed by atoms with Crippen molar-refractivity contribution in [2.75, 3.05) is 44.7 Å². The predicted molar refractivity (Wildman–Crippen MR) is 96.6 cm³/mol. The number of anilines is 1. The first kappa shape index (κ1) is 17.2. The van der Waals surface area contributed by atoms with Crippen LogP contribution in [0.2, 0.25) is 0 Å². The minimum Gasteiger partial charge on any atom is -0.739 e. The van der Waals surface area contributed by atoms with Gasteiger partial charge < -0.3 is 15.2 Å². The van der Waals surface area contributed by atoms with Crippen molar-refractivity contribution in [2.24, 2.45) is 5.92 Å². The first-order valence-corrected chi connectivity index (χ1v) is 9.34. The zero-order valence-electron chi connectivity index (χ0n) is 15.1. The molecule has 0 radical (unpaired) electrons. The highest BCUT2D eigenvalue weighted by molar-refractivity contribution is 5.71. The second-order valence-corrected chi connectivity index (χ2v) is 7.35. The molecule has 0 saturated carbocycles. The standard InChI is InChI=1S/C18H25N5O3/c1-13-9-14-11-16-17(12-15(14)10-13)23(25)20-18(22(16)24)19-3-2-4-21-5-7-26-8-6-21/h11-13H,2-10H2,1H3,(H,19,20). The Hall–Kier alpha value is -2.19. The summed E-state index contributed by atoms with van der Waals surface area (Å²) in [5, 5.41) is 31.9. The van der Waals surface area contributed by atoms with E-state index in [4.69, 9.17) is 4.74 Å². The van der Waals surface area contributed by atoms with Gasteiger partial charge >= 0.3 is 5.95 Å². The molecule has 140 valence electrons. The quantitative estimate of drug-likeness (QED) is 0.471. The summed E-state index contributed by atoms with van der Waals surface area (Å²) >= 11 is 0. The largest absolute Gasteiger partial charge is 0.739 e. The summed E-state index contributed by atoms with van der Waals surface area (Å²) in [4.78, 5) is 2.90. The molecule has 1 saturated heterocycles. The van der Waals surface area contributed by atoms with Crippen LogP contribution in [0.25, 0.3) is 11.0 Å². The van der Waals surface area contributed by atoms with Crippen molar-refractivity contribution < 1.29 is 14.3 Å². The average molecular weight is 359 g/mol. The van der Waals surface area contributed by atoms with Crippen LogP contribution in [0, 0.1) is 16.3 Å². The second kappa shape index (κ2) is 7.20. The van der Waals surface area contributed by atoms with Crippen LogP contribution in [0.1, 0.15) is 24.5 Å². The number of benzene rings is 1. The van der Waals surface area contributed by atoms with E-state index in [1.54, 1.807) is 0 Å². The van der Waals surface area contributed by atoms with Gasteiger partial charge in [-0.05, 0) is 42.4 Å². The van der Waals surface area contributed by atoms with Gasteiger partial charge in [-0.15, -0.1) is 0 Å². The Bertz CT molecular complexity index is 807. The SMILES string of the molecule is CC1Cc2cc3c(cc2C1)[n+]([O-])c(NCCCN1CCOCC1)n[n+]3[O-]. The van der Waals surface area contributed by atoms with E-state index in [2.05, 4.69) is 22.2 Å². The van der Waals surface area contributed by atoms with E-state index in [9.17, 15) is 10.4 Å². The second-order valence-electron chi connectivity index (χ2n) is 7.35. The summed E-state index contributed by atoms with van der Waals surface area (Å²) in [6.07, 6.45) is 2.78. The van der Waals surface area contributed by atoms with Crippen molar-refractivity contribution in [2.45, 2.75) is 26.2 Å². The normalized spacial score (nSPS) is 20.4. The van der Waals surface area contributed by atoms with Gasteiger partial charge in [0, 0.05) is 30.5 Å². The summed E-state index contributed by atoms with van der Waals surface area (Å²) < 4.78 is 6.09. The molecule has 1 aliphatic heterocycles. The van der Waals surface area contributed by atoms with Crippen LogP contribution in [-0.2, 0) is 17.6 Å². The molecule has 1 atom stereocenters. The van der Waals surface area contributed by atoms with Gasteiger partial charge in [0.1, 0.15) is 0 Å². The molecule has 1 aliphatic carbocycles. The summed E-state index contributed by atoms with van der Waals surface area (Å²) in [6.45, 7) is 7.16. The smallest absolute Gasteiger partial charge is 0.460 e. The maximum atomic E-state index is 12.7. The van der Waals surface area contributed by atoms with E-state index in [1.165, 1.54) is 5.56 Å². The lowest BCUT2D eigenvalue weighted by Crippen LogP contribution is -2.44. The highest BCUT2D eigenvalue weighted by Gasteiger charge is 2.25. The lowest BCUT2D eigenvalue weighted by Gasteiger charge is -2.26. The van der Waals surface area contributed by atoms with Crippen molar-refractivity contribution in [3.63, 3.8) is 0 Å². The molecule has 1 fully saturated rings. The molecule has 2 aliphatic rings. The fourth-order valence-corrected chi connectivity index (χ4v) is 3.91. The third-order valence-electron chi connectivity index (χ3n) is 5.27. The lowest BCUT2D eigenvalue weighted by molar-refractivity contribution is -0.672. The molecule has 1 unspecified atom stereocenters. The van der Waals surface area contributed by atoms with Crippen molar-refractivity contribution in [1.29, 1.82) is 0 Å². The number of hydrogen-bond donors (Lipinski definition) is 1. The van der Waals surface area contributed by atoms with E-state index in [0.717, 1.165) is 62.4 Å². The fourth-order valence-electron chi connectivity index (χ4n) is 3.91. The van der Waals surface area contributed by atoms with Crippen LogP contribution in [0.3, 0.4) is 0 Å². The fraction of sp³-hybridized carbons (Fsp3) is 0.611. The lowest BCUT2D eigenvalue weighted by atomic mass is 10.1. The first-order chi connectivity index (χ1) is 12.6. The van der Waals surface area contributed by atoms with Crippen molar-refractivity contribution in [3.8, 4) is 0 Å². The molecular weight excluding hydrogens is 334 g/mol. The summed E-state index contributed by atoms with van der Waals surface area (Å²) in [7, 11) is 0. The van der Waals surface area contributed by atoms with Crippen LogP contribution in [0.4, 0.5) is 5.95 Å². The van der Waals surface area contributed by atoms with Gasteiger partial charge in [0.15, 0.2) is 5.52 Å². The van der Waals surface area contributed by atoms with E-state index >= 15 is 0 Å². The number of fused-ring (bicyclic) bond motifs is 2. The number of nitrogens with zero attached hydrogens (tertiary/aromatic N) is 4. The summed E-state index contributed by atoms with van der Waals surface area (Å²) in [5.41, 5.74) is 3.05. The van der Waals surface area contributed by atoms with Crippen LogP contribution in [-0.4, -0.2) is 49.4 Å². The zero-order chi connectivity index (χ0) is 18.1. The van der Waals surface area contributed by atoms with E-state index in [1.807, 2.05) is 12.1 Å². The molecule has 1 aromatic carbocycles. The minimum absolute atomic E-state index is 0.0699. The molecule has 2 heterocycles. The topological polar surface area (TPSA) is 91.3 Å². The number of hydrogen-bond acceptors (Lipinski definition) is 6. The zero-order valence-corrected chi connectivity index (χ0v) is 15.1. The number of morpholine rings is 1. The molecule has 8 nitrogen and oxygen atoms in total. The van der Waals surface area contributed by atoms with E-state index in [-0.39, 0.29) is 5.95 Å². The Morgan fingerprint density at radius 1 is 1.19 bits per heavy atom. The number of ether oxygens (including phenoxy) is 1. The Labute approximate surface area is 152 Å². The van der Waals surface area contributed by atoms with Crippen molar-refractivity contribution in [1.82, 2.24) is 10.00 Å². The van der Waals surface area contributed by atoms with Crippen LogP contribution in [0.5, 0.6) is 0 Å². The van der Waals surface area contributed by atoms with Gasteiger partial charge in [0.2, 0.25) is 5.10 Å². The van der Waals surface area contributed by atoms with Crippen molar-refractivity contribution >= 4 is 17.0 Å². The number of rotatable bonds is 5. The molecule has 1 aromatic heterocycles. The van der Waals surface area contributed by atoms with Gasteiger partial charge in [-0.3, -0.25) is 10.2 Å².